The van der Waals surface area contributed by atoms with Gasteiger partial charge in [-0.05, 0) is 30.0 Å². The van der Waals surface area contributed by atoms with E-state index < -0.39 is 0 Å². The van der Waals surface area contributed by atoms with Gasteiger partial charge in [0.15, 0.2) is 0 Å². The number of allylic oxidation sites excluding steroid dienone is 2. The lowest BCUT2D eigenvalue weighted by atomic mass is 10.0. The SMILES string of the molecule is O=C/C=C/CCc1ccccc1CBr. The maximum atomic E-state index is 10.0. The Morgan fingerprint density at radius 3 is 2.57 bits per heavy atom. The topological polar surface area (TPSA) is 17.1 Å². The molecule has 0 bridgehead atoms. The molecule has 0 N–H and O–H groups in total. The monoisotopic (exact) mass is 252 g/mol. The van der Waals surface area contributed by atoms with Crippen molar-refractivity contribution in [1.29, 1.82) is 0 Å². The van der Waals surface area contributed by atoms with Crippen LogP contribution in [-0.2, 0) is 16.5 Å². The summed E-state index contributed by atoms with van der Waals surface area (Å²) in [4.78, 5) is 10.0. The Morgan fingerprint density at radius 1 is 1.21 bits per heavy atom. The van der Waals surface area contributed by atoms with E-state index in [1.807, 2.05) is 18.2 Å². The molecule has 0 radical (unpaired) electrons. The second kappa shape index (κ2) is 6.55. The largest absolute Gasteiger partial charge is 0.299 e. The molecule has 1 aromatic rings. The molecule has 0 saturated heterocycles. The zero-order valence-electron chi connectivity index (χ0n) is 7.95. The van der Waals surface area contributed by atoms with Gasteiger partial charge in [0.1, 0.15) is 6.29 Å². The number of alkyl halides is 1. The number of halogens is 1. The van der Waals surface area contributed by atoms with Crippen molar-refractivity contribution in [1.82, 2.24) is 0 Å². The summed E-state index contributed by atoms with van der Waals surface area (Å²) in [5.74, 6) is 0. The summed E-state index contributed by atoms with van der Waals surface area (Å²) < 4.78 is 0. The molecule has 0 aliphatic rings. The average molecular weight is 253 g/mol. The summed E-state index contributed by atoms with van der Waals surface area (Å²) in [6.07, 6.45) is 6.18. The average Bonchev–Trinajstić information content (AvgIpc) is 2.25. The van der Waals surface area contributed by atoms with Gasteiger partial charge < -0.3 is 0 Å². The molecule has 0 saturated carbocycles. The molecule has 0 atom stereocenters. The maximum Gasteiger partial charge on any atom is 0.142 e. The third-order valence-electron chi connectivity index (χ3n) is 2.06. The number of aryl methyl sites for hydroxylation is 1. The smallest absolute Gasteiger partial charge is 0.142 e. The number of rotatable bonds is 5. The molecular weight excluding hydrogens is 240 g/mol. The van der Waals surface area contributed by atoms with Gasteiger partial charge in [0.25, 0.3) is 0 Å². The van der Waals surface area contributed by atoms with E-state index >= 15 is 0 Å². The van der Waals surface area contributed by atoms with Crippen LogP contribution in [0.4, 0.5) is 0 Å². The molecule has 1 rings (SSSR count). The molecule has 0 unspecified atom stereocenters. The third kappa shape index (κ3) is 3.46. The minimum atomic E-state index is 0.816. The fourth-order valence-corrected chi connectivity index (χ4v) is 1.87. The predicted octanol–water partition coefficient (Wildman–Crippen LogP) is 3.27. The van der Waals surface area contributed by atoms with Crippen LogP contribution in [0.3, 0.4) is 0 Å². The zero-order valence-corrected chi connectivity index (χ0v) is 9.53. The van der Waals surface area contributed by atoms with Crippen molar-refractivity contribution >= 4 is 22.2 Å². The molecule has 0 amide bonds. The maximum absolute atomic E-state index is 10.0. The van der Waals surface area contributed by atoms with Crippen LogP contribution in [0, 0.1) is 0 Å². The van der Waals surface area contributed by atoms with E-state index in [0.717, 1.165) is 24.5 Å². The number of hydrogen-bond acceptors (Lipinski definition) is 1. The van der Waals surface area contributed by atoms with Gasteiger partial charge >= 0.3 is 0 Å². The van der Waals surface area contributed by atoms with Gasteiger partial charge in [-0.25, -0.2) is 0 Å². The molecule has 0 aliphatic heterocycles. The van der Waals surface area contributed by atoms with Gasteiger partial charge in [-0.3, -0.25) is 4.79 Å². The number of hydrogen-bond donors (Lipinski definition) is 0. The summed E-state index contributed by atoms with van der Waals surface area (Å²) in [6.45, 7) is 0. The van der Waals surface area contributed by atoms with Crippen LogP contribution in [0.1, 0.15) is 17.5 Å². The molecule has 1 nitrogen and oxygen atoms in total. The molecule has 74 valence electrons. The quantitative estimate of drug-likeness (QED) is 0.447. The first-order valence-electron chi connectivity index (χ1n) is 4.61. The third-order valence-corrected chi connectivity index (χ3v) is 2.66. The van der Waals surface area contributed by atoms with E-state index in [1.165, 1.54) is 11.1 Å². The Kier molecular flexibility index (Phi) is 5.23. The summed E-state index contributed by atoms with van der Waals surface area (Å²) in [7, 11) is 0. The van der Waals surface area contributed by atoms with Crippen molar-refractivity contribution in [2.75, 3.05) is 0 Å². The van der Waals surface area contributed by atoms with Gasteiger partial charge in [-0.15, -0.1) is 0 Å². The molecule has 0 aliphatic carbocycles. The first kappa shape index (κ1) is 11.2. The van der Waals surface area contributed by atoms with Crippen molar-refractivity contribution in [2.45, 2.75) is 18.2 Å². The first-order chi connectivity index (χ1) is 6.88. The molecule has 0 heterocycles. The van der Waals surface area contributed by atoms with Crippen LogP contribution in [0.15, 0.2) is 36.4 Å². The van der Waals surface area contributed by atoms with Crippen LogP contribution in [0.25, 0.3) is 0 Å². The van der Waals surface area contributed by atoms with Gasteiger partial charge in [0.2, 0.25) is 0 Å². The summed E-state index contributed by atoms with van der Waals surface area (Å²) in [5, 5.41) is 0.889. The normalized spacial score (nSPS) is 10.6. The van der Waals surface area contributed by atoms with Gasteiger partial charge in [0, 0.05) is 5.33 Å². The lowest BCUT2D eigenvalue weighted by molar-refractivity contribution is -0.104. The molecule has 0 aromatic heterocycles. The standard InChI is InChI=1S/C12H13BrO/c13-10-12-8-4-3-7-11(12)6-2-1-5-9-14/h1,3-5,7-9H,2,6,10H2/b5-1+. The highest BCUT2D eigenvalue weighted by molar-refractivity contribution is 9.08. The Bertz CT molecular complexity index is 318. The van der Waals surface area contributed by atoms with Crippen molar-refractivity contribution in [2.24, 2.45) is 0 Å². The highest BCUT2D eigenvalue weighted by Gasteiger charge is 1.97. The highest BCUT2D eigenvalue weighted by atomic mass is 79.9. The minimum Gasteiger partial charge on any atom is -0.299 e. The van der Waals surface area contributed by atoms with E-state index in [4.69, 9.17) is 0 Å². The van der Waals surface area contributed by atoms with Crippen molar-refractivity contribution < 1.29 is 4.79 Å². The van der Waals surface area contributed by atoms with E-state index in [0.29, 0.717) is 0 Å². The number of carbonyl (C=O) groups is 1. The van der Waals surface area contributed by atoms with Gasteiger partial charge in [0.05, 0.1) is 0 Å². The second-order valence-corrected chi connectivity index (χ2v) is 3.57. The Balaban J connectivity index is 2.57. The van der Waals surface area contributed by atoms with Crippen LogP contribution in [-0.4, -0.2) is 6.29 Å². The molecule has 2 heteroatoms. The second-order valence-electron chi connectivity index (χ2n) is 3.01. The van der Waals surface area contributed by atoms with Gasteiger partial charge in [-0.1, -0.05) is 46.3 Å². The van der Waals surface area contributed by atoms with E-state index in [1.54, 1.807) is 6.08 Å². The molecular formula is C12H13BrO. The van der Waals surface area contributed by atoms with E-state index in [9.17, 15) is 4.79 Å². The summed E-state index contributed by atoms with van der Waals surface area (Å²) in [5.41, 5.74) is 2.67. The number of aldehydes is 1. The molecule has 14 heavy (non-hydrogen) atoms. The number of carbonyl (C=O) groups excluding carboxylic acids is 1. The fraction of sp³-hybridized carbons (Fsp3) is 0.250. The summed E-state index contributed by atoms with van der Waals surface area (Å²) in [6, 6.07) is 8.34. The van der Waals surface area contributed by atoms with Crippen LogP contribution >= 0.6 is 15.9 Å². The Labute approximate surface area is 93.0 Å². The van der Waals surface area contributed by atoms with Crippen LogP contribution in [0.2, 0.25) is 0 Å². The minimum absolute atomic E-state index is 0.816. The fourth-order valence-electron chi connectivity index (χ4n) is 1.32. The Hall–Kier alpha value is -0.890. The molecule has 0 spiro atoms. The van der Waals surface area contributed by atoms with Gasteiger partial charge in [-0.2, -0.15) is 0 Å². The number of benzene rings is 1. The molecule has 1 aromatic carbocycles. The van der Waals surface area contributed by atoms with Crippen molar-refractivity contribution in [3.63, 3.8) is 0 Å². The molecule has 0 fully saturated rings. The van der Waals surface area contributed by atoms with Crippen molar-refractivity contribution in [3.05, 3.63) is 47.5 Å². The van der Waals surface area contributed by atoms with E-state index in [-0.39, 0.29) is 0 Å². The van der Waals surface area contributed by atoms with Crippen LogP contribution in [0.5, 0.6) is 0 Å². The predicted molar refractivity (Wildman–Crippen MR) is 62.6 cm³/mol. The van der Waals surface area contributed by atoms with Crippen molar-refractivity contribution in [3.8, 4) is 0 Å². The highest BCUT2D eigenvalue weighted by Crippen LogP contribution is 2.14. The lowest BCUT2D eigenvalue weighted by Gasteiger charge is -2.04. The van der Waals surface area contributed by atoms with E-state index in [2.05, 4.69) is 28.1 Å². The first-order valence-corrected chi connectivity index (χ1v) is 5.73. The lowest BCUT2D eigenvalue weighted by Crippen LogP contribution is -1.90. The zero-order chi connectivity index (χ0) is 10.2. The van der Waals surface area contributed by atoms with Crippen LogP contribution < -0.4 is 0 Å². The Morgan fingerprint density at radius 2 is 1.93 bits per heavy atom. The summed E-state index contributed by atoms with van der Waals surface area (Å²) >= 11 is 3.46.